The van der Waals surface area contributed by atoms with Gasteiger partial charge in [0.25, 0.3) is 0 Å². The first-order chi connectivity index (χ1) is 10.2. The quantitative estimate of drug-likeness (QED) is 0.728. The van der Waals surface area contributed by atoms with Crippen LogP contribution < -0.4 is 11.1 Å². The molecule has 1 aliphatic heterocycles. The highest BCUT2D eigenvalue weighted by Gasteiger charge is 2.28. The summed E-state index contributed by atoms with van der Waals surface area (Å²) in [4.78, 5) is 23.4. The van der Waals surface area contributed by atoms with Gasteiger partial charge in [0.2, 0.25) is 5.91 Å². The van der Waals surface area contributed by atoms with Crippen molar-refractivity contribution in [3.63, 3.8) is 0 Å². The van der Waals surface area contributed by atoms with E-state index in [4.69, 9.17) is 10.5 Å². The van der Waals surface area contributed by atoms with E-state index in [0.29, 0.717) is 6.42 Å². The summed E-state index contributed by atoms with van der Waals surface area (Å²) >= 11 is 0. The van der Waals surface area contributed by atoms with Gasteiger partial charge in [-0.1, -0.05) is 19.3 Å². The molecule has 2 aliphatic rings. The minimum atomic E-state index is -0.486. The van der Waals surface area contributed by atoms with E-state index >= 15 is 0 Å². The second-order valence-electron chi connectivity index (χ2n) is 6.40. The molecule has 2 unspecified atom stereocenters. The van der Waals surface area contributed by atoms with Crippen LogP contribution >= 0.6 is 0 Å². The molecule has 0 aromatic rings. The summed E-state index contributed by atoms with van der Waals surface area (Å²) in [6.45, 7) is 0.756. The molecule has 0 aromatic heterocycles. The molecule has 21 heavy (non-hydrogen) atoms. The van der Waals surface area contributed by atoms with Crippen LogP contribution in [0, 0.1) is 5.92 Å². The molecule has 1 saturated carbocycles. The monoisotopic (exact) mass is 296 g/mol. The first-order valence-electron chi connectivity index (χ1n) is 8.33. The normalized spacial score (nSPS) is 26.8. The number of carbonyl (C=O) groups excluding carboxylic acids is 2. The molecule has 1 heterocycles. The summed E-state index contributed by atoms with van der Waals surface area (Å²) in [6.07, 6.45) is 10.2. The first-order valence-corrected chi connectivity index (χ1v) is 8.33. The van der Waals surface area contributed by atoms with E-state index in [1.54, 1.807) is 0 Å². The van der Waals surface area contributed by atoms with E-state index in [0.717, 1.165) is 57.8 Å². The third kappa shape index (κ3) is 5.08. The second kappa shape index (κ2) is 8.49. The molecule has 3 atom stereocenters. The second-order valence-corrected chi connectivity index (χ2v) is 6.40. The lowest BCUT2D eigenvalue weighted by molar-refractivity contribution is -0.127. The van der Waals surface area contributed by atoms with Gasteiger partial charge in [-0.15, -0.1) is 0 Å². The minimum Gasteiger partial charge on any atom is -0.378 e. The lowest BCUT2D eigenvalue weighted by Gasteiger charge is -2.29. The van der Waals surface area contributed by atoms with Gasteiger partial charge in [0.15, 0.2) is 0 Å². The van der Waals surface area contributed by atoms with Crippen LogP contribution in [-0.2, 0) is 14.3 Å². The van der Waals surface area contributed by atoms with Gasteiger partial charge in [0, 0.05) is 13.0 Å². The molecular formula is C16H28N2O3. The molecule has 0 radical (unpaired) electrons. The topological polar surface area (TPSA) is 81.4 Å². The average Bonchev–Trinajstić information content (AvgIpc) is 2.55. The van der Waals surface area contributed by atoms with Crippen LogP contribution in [0.4, 0.5) is 0 Å². The van der Waals surface area contributed by atoms with Gasteiger partial charge in [-0.25, -0.2) is 0 Å². The molecule has 3 N–H and O–H groups in total. The molecular weight excluding hydrogens is 268 g/mol. The van der Waals surface area contributed by atoms with E-state index < -0.39 is 12.1 Å². The fourth-order valence-electron chi connectivity index (χ4n) is 3.41. The van der Waals surface area contributed by atoms with Crippen molar-refractivity contribution in [3.05, 3.63) is 0 Å². The molecule has 0 aromatic carbocycles. The Labute approximate surface area is 127 Å². The predicted octanol–water partition coefficient (Wildman–Crippen LogP) is 1.54. The summed E-state index contributed by atoms with van der Waals surface area (Å²) in [6, 6.07) is -0.963. The molecule has 0 bridgehead atoms. The zero-order valence-corrected chi connectivity index (χ0v) is 12.8. The van der Waals surface area contributed by atoms with Crippen molar-refractivity contribution in [1.29, 1.82) is 0 Å². The smallest absolute Gasteiger partial charge is 0.237 e. The predicted molar refractivity (Wildman–Crippen MR) is 80.8 cm³/mol. The Bertz CT molecular complexity index is 336. The molecule has 120 valence electrons. The van der Waals surface area contributed by atoms with Crippen molar-refractivity contribution >= 4 is 12.2 Å². The number of ether oxygens (including phenoxy) is 1. The minimum absolute atomic E-state index is 0.0835. The lowest BCUT2D eigenvalue weighted by atomic mass is 9.84. The third-order valence-corrected chi connectivity index (χ3v) is 4.74. The van der Waals surface area contributed by atoms with Gasteiger partial charge in [-0.3, -0.25) is 4.79 Å². The fraction of sp³-hybridized carbons (Fsp3) is 0.875. The summed E-state index contributed by atoms with van der Waals surface area (Å²) in [5.41, 5.74) is 6.07. The van der Waals surface area contributed by atoms with Crippen molar-refractivity contribution in [2.45, 2.75) is 76.0 Å². The number of nitrogens with one attached hydrogen (secondary N) is 1. The Morgan fingerprint density at radius 3 is 2.52 bits per heavy atom. The zero-order valence-electron chi connectivity index (χ0n) is 12.8. The molecule has 5 nitrogen and oxygen atoms in total. The van der Waals surface area contributed by atoms with Crippen LogP contribution in [-0.4, -0.2) is 37.0 Å². The van der Waals surface area contributed by atoms with Crippen molar-refractivity contribution < 1.29 is 14.3 Å². The number of rotatable bonds is 6. The number of aldehydes is 1. The van der Waals surface area contributed by atoms with Crippen molar-refractivity contribution in [2.24, 2.45) is 11.7 Å². The van der Waals surface area contributed by atoms with Crippen molar-refractivity contribution in [1.82, 2.24) is 5.32 Å². The Morgan fingerprint density at radius 1 is 1.19 bits per heavy atom. The molecule has 2 rings (SSSR count). The third-order valence-electron chi connectivity index (χ3n) is 4.74. The molecule has 1 amide bonds. The van der Waals surface area contributed by atoms with Crippen LogP contribution in [0.25, 0.3) is 0 Å². The van der Waals surface area contributed by atoms with E-state index in [1.807, 2.05) is 0 Å². The first kappa shape index (κ1) is 16.4. The average molecular weight is 296 g/mol. The number of amides is 1. The van der Waals surface area contributed by atoms with Gasteiger partial charge in [-0.2, -0.15) is 0 Å². The lowest BCUT2D eigenvalue weighted by Crippen LogP contribution is -2.50. The number of hydrogen-bond acceptors (Lipinski definition) is 4. The van der Waals surface area contributed by atoms with E-state index in [2.05, 4.69) is 5.32 Å². The summed E-state index contributed by atoms with van der Waals surface area (Å²) in [5.74, 6) is 0.0757. The highest BCUT2D eigenvalue weighted by molar-refractivity contribution is 5.84. The van der Waals surface area contributed by atoms with Gasteiger partial charge in [0.05, 0.1) is 18.2 Å². The summed E-state index contributed by atoms with van der Waals surface area (Å²) in [5, 5.41) is 2.80. The Hall–Kier alpha value is -0.940. The number of carbonyl (C=O) groups is 2. The molecule has 5 heteroatoms. The maximum absolute atomic E-state index is 12.2. The molecule has 0 spiro atoms. The van der Waals surface area contributed by atoms with Crippen molar-refractivity contribution in [2.75, 3.05) is 6.61 Å². The largest absolute Gasteiger partial charge is 0.378 e. The highest BCUT2D eigenvalue weighted by Crippen LogP contribution is 2.25. The highest BCUT2D eigenvalue weighted by atomic mass is 16.5. The van der Waals surface area contributed by atoms with Crippen LogP contribution in [0.15, 0.2) is 0 Å². The number of hydrogen-bond donors (Lipinski definition) is 2. The molecule has 1 saturated heterocycles. The Balaban J connectivity index is 1.79. The van der Waals surface area contributed by atoms with Gasteiger partial charge < -0.3 is 20.6 Å². The van der Waals surface area contributed by atoms with Crippen LogP contribution in [0.2, 0.25) is 0 Å². The maximum atomic E-state index is 12.2. The van der Waals surface area contributed by atoms with Gasteiger partial charge >= 0.3 is 0 Å². The van der Waals surface area contributed by atoms with Crippen LogP contribution in [0.5, 0.6) is 0 Å². The fourth-order valence-corrected chi connectivity index (χ4v) is 3.41. The van der Waals surface area contributed by atoms with Crippen LogP contribution in [0.3, 0.4) is 0 Å². The van der Waals surface area contributed by atoms with Crippen molar-refractivity contribution in [3.8, 4) is 0 Å². The molecule has 2 fully saturated rings. The summed E-state index contributed by atoms with van der Waals surface area (Å²) in [7, 11) is 0. The Morgan fingerprint density at radius 2 is 1.90 bits per heavy atom. The zero-order chi connectivity index (χ0) is 15.1. The van der Waals surface area contributed by atoms with E-state index in [9.17, 15) is 9.59 Å². The summed E-state index contributed by atoms with van der Waals surface area (Å²) < 4.78 is 5.63. The van der Waals surface area contributed by atoms with Gasteiger partial charge in [0.1, 0.15) is 6.29 Å². The standard InChI is InChI=1S/C16H28N2O3/c17-15(12-6-2-1-3-7-12)16(20)18-13(11-19)10-14-8-4-5-9-21-14/h11-15H,1-10,17H2,(H,18,20)/t13?,14?,15-/m0/s1. The molecule has 1 aliphatic carbocycles. The number of nitrogens with two attached hydrogens (primary N) is 1. The van der Waals surface area contributed by atoms with E-state index in [1.165, 1.54) is 6.42 Å². The SMILES string of the molecule is N[C@H](C(=O)NC(C=O)CC1CCCCO1)C1CCCCC1. The maximum Gasteiger partial charge on any atom is 0.237 e. The van der Waals surface area contributed by atoms with Crippen LogP contribution in [0.1, 0.15) is 57.8 Å². The van der Waals surface area contributed by atoms with Gasteiger partial charge in [-0.05, 0) is 38.0 Å². The Kier molecular flexibility index (Phi) is 6.64. The van der Waals surface area contributed by atoms with E-state index in [-0.39, 0.29) is 17.9 Å².